The van der Waals surface area contributed by atoms with Gasteiger partial charge in [-0.3, -0.25) is 0 Å². The van der Waals surface area contributed by atoms with E-state index in [0.29, 0.717) is 12.3 Å². The van der Waals surface area contributed by atoms with Crippen LogP contribution in [0.5, 0.6) is 0 Å². The van der Waals surface area contributed by atoms with Crippen LogP contribution in [0.1, 0.15) is 105 Å². The maximum Gasteiger partial charge on any atom is 0.502 e. The Bertz CT molecular complexity index is 1490. The van der Waals surface area contributed by atoms with Crippen molar-refractivity contribution in [2.45, 2.75) is 117 Å². The summed E-state index contributed by atoms with van der Waals surface area (Å²) < 4.78 is 26.0. The molecule has 3 atom stereocenters. The van der Waals surface area contributed by atoms with Crippen LogP contribution in [0.2, 0.25) is 0 Å². The van der Waals surface area contributed by atoms with Crippen molar-refractivity contribution in [2.24, 2.45) is 0 Å². The summed E-state index contributed by atoms with van der Waals surface area (Å²) in [5.41, 5.74) is 8.78. The Morgan fingerprint density at radius 2 is 1.54 bits per heavy atom. The van der Waals surface area contributed by atoms with Crippen LogP contribution in [0, 0.1) is 5.41 Å². The zero-order valence-corrected chi connectivity index (χ0v) is 29.7. The first-order chi connectivity index (χ1) is 21.4. The Hall–Kier alpha value is -2.72. The fourth-order valence-electron chi connectivity index (χ4n) is 6.41. The summed E-state index contributed by atoms with van der Waals surface area (Å²) in [6.45, 7) is 23.6. The van der Waals surface area contributed by atoms with Crippen LogP contribution in [0.4, 0.5) is 0 Å². The van der Waals surface area contributed by atoms with Crippen molar-refractivity contribution in [3.8, 4) is 0 Å². The predicted octanol–water partition coefficient (Wildman–Crippen LogP) is 5.88. The maximum atomic E-state index is 8.42. The van der Waals surface area contributed by atoms with Gasteiger partial charge >= 0.3 is 14.2 Å². The summed E-state index contributed by atoms with van der Waals surface area (Å²) in [7, 11) is -0.979. The average molecular weight is 627 g/mol. The Balaban J connectivity index is 1.28. The molecule has 5 rings (SSSR count). The quantitative estimate of drug-likeness (QED) is 0.225. The molecule has 3 heterocycles. The molecular formula is C36H53B2N4O4+. The Morgan fingerprint density at radius 3 is 2.17 bits per heavy atom. The van der Waals surface area contributed by atoms with Crippen LogP contribution in [-0.2, 0) is 25.0 Å². The van der Waals surface area contributed by atoms with Crippen LogP contribution in [0.3, 0.4) is 0 Å². The molecule has 0 saturated carbocycles. The van der Waals surface area contributed by atoms with Gasteiger partial charge < -0.3 is 34.4 Å². The van der Waals surface area contributed by atoms with Gasteiger partial charge in [-0.25, -0.2) is 5.43 Å². The maximum absolute atomic E-state index is 8.42. The van der Waals surface area contributed by atoms with Gasteiger partial charge in [0.1, 0.15) is 6.04 Å². The van der Waals surface area contributed by atoms with E-state index in [4.69, 9.17) is 24.0 Å². The van der Waals surface area contributed by atoms with Crippen molar-refractivity contribution in [3.05, 3.63) is 94.1 Å². The number of benzene rings is 2. The van der Waals surface area contributed by atoms with Gasteiger partial charge in [0, 0.05) is 29.9 Å². The van der Waals surface area contributed by atoms with Crippen LogP contribution >= 0.6 is 0 Å². The number of quaternary nitrogens is 1. The van der Waals surface area contributed by atoms with Crippen LogP contribution < -0.4 is 10.7 Å². The fraction of sp³-hybridized carbons (Fsp3) is 0.528. The molecule has 0 aromatic heterocycles. The smallest absolute Gasteiger partial charge is 0.399 e. The fourth-order valence-corrected chi connectivity index (χ4v) is 6.41. The summed E-state index contributed by atoms with van der Waals surface area (Å²) in [6, 6.07) is 19.6. The Kier molecular flexibility index (Phi) is 9.57. The molecule has 2 saturated heterocycles. The van der Waals surface area contributed by atoms with E-state index in [1.54, 1.807) is 6.92 Å². The number of nitrogens with zero attached hydrogens (tertiary/aromatic N) is 1. The number of hydrazine groups is 1. The monoisotopic (exact) mass is 627 g/mol. The lowest BCUT2D eigenvalue weighted by Gasteiger charge is -2.36. The van der Waals surface area contributed by atoms with E-state index in [1.807, 2.05) is 33.9 Å². The first-order valence-corrected chi connectivity index (χ1v) is 16.6. The van der Waals surface area contributed by atoms with Gasteiger partial charge in [0.15, 0.2) is 0 Å². The number of allylic oxidation sites excluding steroid dienone is 2. The zero-order valence-electron chi connectivity index (χ0n) is 29.7. The molecule has 0 bridgehead atoms. The summed E-state index contributed by atoms with van der Waals surface area (Å²) in [5, 5.41) is 12.8. The molecule has 3 aliphatic rings. The van der Waals surface area contributed by atoms with Crippen molar-refractivity contribution in [1.82, 2.24) is 10.4 Å². The molecule has 2 aromatic carbocycles. The molecule has 2 aromatic rings. The second-order valence-electron chi connectivity index (χ2n) is 14.9. The molecular weight excluding hydrogens is 574 g/mol. The van der Waals surface area contributed by atoms with Gasteiger partial charge in [0.25, 0.3) is 0 Å². The minimum Gasteiger partial charge on any atom is -0.399 e. The highest BCUT2D eigenvalue weighted by Crippen LogP contribution is 2.43. The van der Waals surface area contributed by atoms with Crippen molar-refractivity contribution in [1.29, 1.82) is 5.41 Å². The molecule has 0 aliphatic carbocycles. The SMILES string of the molecule is CC(=N)C(=C[NH2+]C(C)c1cccc(CC2(C)OB(C3=C(C)N(C(C)c4ccccc4)NC3)OC2(C)C)c1)B1OC(C)(C)C(C)(C)O1. The highest BCUT2D eigenvalue weighted by Gasteiger charge is 2.56. The van der Waals surface area contributed by atoms with Crippen molar-refractivity contribution in [2.75, 3.05) is 6.54 Å². The standard InChI is InChI=1S/C36H52B2N4O4/c1-24(39)31(37-43-33(5,6)34(7,8)44-37)22-40-25(2)30-19-15-16-28(20-30)21-36(11)35(9,10)45-38(46-36)32-23-41-42(27(32)4)26(3)29-17-13-12-14-18-29/h12-20,22,25-26,39-41H,21,23H2,1-11H3/p+1. The molecule has 8 nitrogen and oxygen atoms in total. The minimum absolute atomic E-state index is 0.126. The number of hydrogen-bond acceptors (Lipinski definition) is 7. The summed E-state index contributed by atoms with van der Waals surface area (Å²) in [5.74, 6) is 0. The molecule has 246 valence electrons. The lowest BCUT2D eigenvalue weighted by atomic mass is 9.76. The van der Waals surface area contributed by atoms with E-state index in [2.05, 4.69) is 112 Å². The second kappa shape index (κ2) is 12.7. The van der Waals surface area contributed by atoms with Crippen molar-refractivity contribution in [3.63, 3.8) is 0 Å². The summed E-state index contributed by atoms with van der Waals surface area (Å²) in [4.78, 5) is 0. The van der Waals surface area contributed by atoms with E-state index < -0.39 is 36.6 Å². The predicted molar refractivity (Wildman–Crippen MR) is 186 cm³/mol. The summed E-state index contributed by atoms with van der Waals surface area (Å²) in [6.07, 6.45) is 2.72. The van der Waals surface area contributed by atoms with Gasteiger partial charge in [-0.1, -0.05) is 48.5 Å². The number of rotatable bonds is 10. The molecule has 3 aliphatic heterocycles. The number of nitrogens with two attached hydrogens (primary N) is 1. The Morgan fingerprint density at radius 1 is 0.913 bits per heavy atom. The van der Waals surface area contributed by atoms with Crippen molar-refractivity contribution < 1.29 is 23.9 Å². The zero-order chi connectivity index (χ0) is 33.7. The van der Waals surface area contributed by atoms with Crippen LogP contribution in [0.15, 0.2) is 77.4 Å². The van der Waals surface area contributed by atoms with Gasteiger partial charge in [0.05, 0.1) is 40.1 Å². The van der Waals surface area contributed by atoms with Gasteiger partial charge in [-0.2, -0.15) is 0 Å². The van der Waals surface area contributed by atoms with Gasteiger partial charge in [0.2, 0.25) is 0 Å². The third-order valence-corrected chi connectivity index (χ3v) is 10.8. The molecule has 4 N–H and O–H groups in total. The molecule has 2 fully saturated rings. The van der Waals surface area contributed by atoms with E-state index in [9.17, 15) is 0 Å². The first-order valence-electron chi connectivity index (χ1n) is 16.6. The third kappa shape index (κ3) is 6.66. The third-order valence-electron chi connectivity index (χ3n) is 10.8. The molecule has 46 heavy (non-hydrogen) atoms. The van der Waals surface area contributed by atoms with E-state index in [-0.39, 0.29) is 12.1 Å². The topological polar surface area (TPSA) is 92.7 Å². The minimum atomic E-state index is -0.561. The molecule has 10 heteroatoms. The first kappa shape index (κ1) is 34.6. The van der Waals surface area contributed by atoms with Crippen LogP contribution in [-0.4, -0.2) is 53.9 Å². The van der Waals surface area contributed by atoms with Crippen molar-refractivity contribution >= 4 is 19.9 Å². The lowest BCUT2D eigenvalue weighted by molar-refractivity contribution is -0.629. The molecule has 0 amide bonds. The average Bonchev–Trinajstić information content (AvgIpc) is 3.54. The molecule has 0 radical (unpaired) electrons. The second-order valence-corrected chi connectivity index (χ2v) is 14.9. The largest absolute Gasteiger partial charge is 0.502 e. The number of nitrogens with one attached hydrogen (secondary N) is 2. The lowest BCUT2D eigenvalue weighted by Crippen LogP contribution is -2.79. The van der Waals surface area contributed by atoms with E-state index >= 15 is 0 Å². The van der Waals surface area contributed by atoms with E-state index in [1.165, 1.54) is 16.7 Å². The van der Waals surface area contributed by atoms with E-state index in [0.717, 1.165) is 23.1 Å². The normalized spacial score (nSPS) is 25.4. The van der Waals surface area contributed by atoms with Gasteiger partial charge in [-0.15, -0.1) is 0 Å². The highest BCUT2D eigenvalue weighted by atomic mass is 16.7. The molecule has 0 spiro atoms. The highest BCUT2D eigenvalue weighted by molar-refractivity contribution is 6.62. The molecule has 3 unspecified atom stereocenters. The Labute approximate surface area is 277 Å². The van der Waals surface area contributed by atoms with Gasteiger partial charge in [-0.05, 0) is 98.8 Å². The number of hydrogen-bond donors (Lipinski definition) is 3. The summed E-state index contributed by atoms with van der Waals surface area (Å²) >= 11 is 0. The van der Waals surface area contributed by atoms with Crippen LogP contribution in [0.25, 0.3) is 0 Å².